The molecular formula is C27H18BrNO3. The van der Waals surface area contributed by atoms with Crippen LogP contribution in [0.25, 0.3) is 21.7 Å². The zero-order chi connectivity index (χ0) is 21.9. The molecule has 5 heteroatoms. The average molecular weight is 484 g/mol. The summed E-state index contributed by atoms with van der Waals surface area (Å²) >= 11 is 3.42. The molecule has 32 heavy (non-hydrogen) atoms. The van der Waals surface area contributed by atoms with E-state index in [1.54, 1.807) is 0 Å². The van der Waals surface area contributed by atoms with E-state index in [-0.39, 0.29) is 12.2 Å². The van der Waals surface area contributed by atoms with E-state index in [4.69, 9.17) is 9.15 Å². The maximum absolute atomic E-state index is 12.2. The molecule has 5 rings (SSSR count). The third-order valence-electron chi connectivity index (χ3n) is 5.18. The molecule has 5 aromatic rings. The van der Waals surface area contributed by atoms with Gasteiger partial charge in [0, 0.05) is 33.1 Å². The van der Waals surface area contributed by atoms with E-state index in [9.17, 15) is 4.79 Å². The summed E-state index contributed by atoms with van der Waals surface area (Å²) in [7, 11) is 0. The maximum Gasteiger partial charge on any atom is 0.336 e. The smallest absolute Gasteiger partial charge is 0.336 e. The standard InChI is InChI=1S/C27H18BrNO3/c28-21-8-10-22(11-9-21)29-16-18-5-12-23(13-6-18)31-17-20-15-26(30)32-27-24-4-2-1-3-19(24)7-14-25(20)27/h1-16H,17H2. The Hall–Kier alpha value is -3.70. The Morgan fingerprint density at radius 2 is 1.66 bits per heavy atom. The number of hydrogen-bond donors (Lipinski definition) is 0. The van der Waals surface area contributed by atoms with Crippen LogP contribution in [0.3, 0.4) is 0 Å². The first-order valence-electron chi connectivity index (χ1n) is 10.1. The van der Waals surface area contributed by atoms with Gasteiger partial charge >= 0.3 is 5.63 Å². The minimum absolute atomic E-state index is 0.271. The van der Waals surface area contributed by atoms with Crippen molar-refractivity contribution < 1.29 is 9.15 Å². The van der Waals surface area contributed by atoms with Crippen LogP contribution in [0.2, 0.25) is 0 Å². The molecule has 0 fully saturated rings. The number of nitrogens with zero attached hydrogens (tertiary/aromatic N) is 1. The van der Waals surface area contributed by atoms with Gasteiger partial charge in [-0.25, -0.2) is 4.79 Å². The molecule has 4 aromatic carbocycles. The van der Waals surface area contributed by atoms with Gasteiger partial charge in [-0.2, -0.15) is 0 Å². The van der Waals surface area contributed by atoms with Gasteiger partial charge in [0.05, 0.1) is 5.69 Å². The number of ether oxygens (including phenoxy) is 1. The van der Waals surface area contributed by atoms with E-state index < -0.39 is 0 Å². The fraction of sp³-hybridized carbons (Fsp3) is 0.0370. The third-order valence-corrected chi connectivity index (χ3v) is 5.71. The van der Waals surface area contributed by atoms with Gasteiger partial charge < -0.3 is 9.15 Å². The van der Waals surface area contributed by atoms with Crippen molar-refractivity contribution >= 4 is 49.6 Å². The number of aliphatic imine (C=N–C) groups is 1. The largest absolute Gasteiger partial charge is 0.489 e. The van der Waals surface area contributed by atoms with Crippen LogP contribution in [0.5, 0.6) is 5.75 Å². The molecule has 0 atom stereocenters. The minimum Gasteiger partial charge on any atom is -0.489 e. The fourth-order valence-electron chi connectivity index (χ4n) is 3.56. The highest BCUT2D eigenvalue weighted by Gasteiger charge is 2.10. The van der Waals surface area contributed by atoms with Gasteiger partial charge in [0.25, 0.3) is 0 Å². The normalized spacial score (nSPS) is 11.4. The number of hydrogen-bond acceptors (Lipinski definition) is 4. The van der Waals surface area contributed by atoms with E-state index >= 15 is 0 Å². The Morgan fingerprint density at radius 3 is 2.47 bits per heavy atom. The third kappa shape index (κ3) is 4.34. The summed E-state index contributed by atoms with van der Waals surface area (Å²) in [6, 6.07) is 28.9. The van der Waals surface area contributed by atoms with E-state index in [0.29, 0.717) is 11.3 Å². The molecule has 0 radical (unpaired) electrons. The zero-order valence-electron chi connectivity index (χ0n) is 17.0. The van der Waals surface area contributed by atoms with Gasteiger partial charge in [-0.05, 0) is 59.5 Å². The summed E-state index contributed by atoms with van der Waals surface area (Å²) in [6.45, 7) is 0.271. The summed E-state index contributed by atoms with van der Waals surface area (Å²) < 4.78 is 12.5. The second kappa shape index (κ2) is 8.81. The highest BCUT2D eigenvalue weighted by molar-refractivity contribution is 9.10. The summed E-state index contributed by atoms with van der Waals surface area (Å²) in [5.41, 5.74) is 2.86. The molecule has 0 aliphatic rings. The van der Waals surface area contributed by atoms with Crippen molar-refractivity contribution in [1.82, 2.24) is 0 Å². The Kier molecular flexibility index (Phi) is 5.57. The van der Waals surface area contributed by atoms with Gasteiger partial charge in [0.1, 0.15) is 17.9 Å². The van der Waals surface area contributed by atoms with Crippen molar-refractivity contribution in [3.8, 4) is 5.75 Å². The van der Waals surface area contributed by atoms with Crippen LogP contribution in [-0.2, 0) is 6.61 Å². The van der Waals surface area contributed by atoms with Crippen LogP contribution in [0, 0.1) is 0 Å². The summed E-state index contributed by atoms with van der Waals surface area (Å²) in [6.07, 6.45) is 1.81. The first-order chi connectivity index (χ1) is 15.7. The second-order valence-corrected chi connectivity index (χ2v) is 8.26. The minimum atomic E-state index is -0.382. The van der Waals surface area contributed by atoms with Crippen LogP contribution in [0.1, 0.15) is 11.1 Å². The lowest BCUT2D eigenvalue weighted by atomic mass is 10.0. The SMILES string of the molecule is O=c1cc(COc2ccc(C=Nc3ccc(Br)cc3)cc2)c2ccc3ccccc3c2o1. The maximum atomic E-state index is 12.2. The molecule has 1 heterocycles. The van der Waals surface area contributed by atoms with Gasteiger partial charge in [0.2, 0.25) is 0 Å². The van der Waals surface area contributed by atoms with Gasteiger partial charge in [-0.1, -0.05) is 52.3 Å². The Balaban J connectivity index is 1.35. The van der Waals surface area contributed by atoms with Crippen LogP contribution in [-0.4, -0.2) is 6.21 Å². The molecule has 0 saturated carbocycles. The van der Waals surface area contributed by atoms with Crippen molar-refractivity contribution in [1.29, 1.82) is 0 Å². The molecule has 0 bridgehead atoms. The average Bonchev–Trinajstić information content (AvgIpc) is 2.82. The Morgan fingerprint density at radius 1 is 0.875 bits per heavy atom. The molecule has 4 nitrogen and oxygen atoms in total. The summed E-state index contributed by atoms with van der Waals surface area (Å²) in [4.78, 5) is 16.6. The van der Waals surface area contributed by atoms with Crippen molar-refractivity contribution in [3.05, 3.63) is 117 Å². The lowest BCUT2D eigenvalue weighted by molar-refractivity contribution is 0.306. The zero-order valence-corrected chi connectivity index (χ0v) is 18.6. The molecule has 156 valence electrons. The molecule has 0 aliphatic heterocycles. The molecule has 0 N–H and O–H groups in total. The number of rotatable bonds is 5. The molecule has 0 amide bonds. The topological polar surface area (TPSA) is 51.8 Å². The number of halogens is 1. The van der Waals surface area contributed by atoms with Gasteiger partial charge in [-0.15, -0.1) is 0 Å². The quantitative estimate of drug-likeness (QED) is 0.153. The molecule has 0 aliphatic carbocycles. The van der Waals surface area contributed by atoms with Crippen molar-refractivity contribution in [3.63, 3.8) is 0 Å². The molecule has 1 aromatic heterocycles. The lowest BCUT2D eigenvalue weighted by Gasteiger charge is -2.10. The van der Waals surface area contributed by atoms with Gasteiger partial charge in [0.15, 0.2) is 0 Å². The highest BCUT2D eigenvalue weighted by Crippen LogP contribution is 2.27. The van der Waals surface area contributed by atoms with Crippen LogP contribution in [0.4, 0.5) is 5.69 Å². The predicted octanol–water partition coefficient (Wildman–Crippen LogP) is 7.04. The summed E-state index contributed by atoms with van der Waals surface area (Å²) in [5.74, 6) is 0.716. The second-order valence-electron chi connectivity index (χ2n) is 7.35. The molecule has 0 unspecified atom stereocenters. The molecule has 0 saturated heterocycles. The van der Waals surface area contributed by atoms with E-state index in [2.05, 4.69) is 20.9 Å². The molecule has 0 spiro atoms. The molecular weight excluding hydrogens is 466 g/mol. The summed E-state index contributed by atoms with van der Waals surface area (Å²) in [5, 5.41) is 2.82. The number of fused-ring (bicyclic) bond motifs is 3. The van der Waals surface area contributed by atoms with Crippen molar-refractivity contribution in [2.24, 2.45) is 4.99 Å². The fourth-order valence-corrected chi connectivity index (χ4v) is 3.83. The van der Waals surface area contributed by atoms with Crippen LogP contribution < -0.4 is 10.4 Å². The van der Waals surface area contributed by atoms with E-state index in [1.807, 2.05) is 91.1 Å². The highest BCUT2D eigenvalue weighted by atomic mass is 79.9. The van der Waals surface area contributed by atoms with Gasteiger partial charge in [-0.3, -0.25) is 4.99 Å². The van der Waals surface area contributed by atoms with Crippen molar-refractivity contribution in [2.75, 3.05) is 0 Å². The first kappa shape index (κ1) is 20.2. The monoisotopic (exact) mass is 483 g/mol. The Bertz CT molecular complexity index is 1490. The van der Waals surface area contributed by atoms with Crippen LogP contribution in [0.15, 0.2) is 110 Å². The van der Waals surface area contributed by atoms with Crippen molar-refractivity contribution in [2.45, 2.75) is 6.61 Å². The predicted molar refractivity (Wildman–Crippen MR) is 132 cm³/mol. The van der Waals surface area contributed by atoms with E-state index in [1.165, 1.54) is 6.07 Å². The first-order valence-corrected chi connectivity index (χ1v) is 10.9. The lowest BCUT2D eigenvalue weighted by Crippen LogP contribution is -2.04. The van der Waals surface area contributed by atoms with E-state index in [0.717, 1.165) is 37.4 Å². The Labute approximate surface area is 192 Å². The van der Waals surface area contributed by atoms with Crippen LogP contribution >= 0.6 is 15.9 Å². The number of benzene rings is 4.